The summed E-state index contributed by atoms with van der Waals surface area (Å²) in [6.07, 6.45) is 2.34. The van der Waals surface area contributed by atoms with Crippen LogP contribution >= 0.6 is 11.6 Å². The Balaban J connectivity index is 1.71. The molecule has 0 spiro atoms. The molecule has 1 fully saturated rings. The number of likely N-dealkylation sites (tertiary alicyclic amines) is 1. The van der Waals surface area contributed by atoms with Gasteiger partial charge in [-0.2, -0.15) is 0 Å². The molecule has 1 unspecified atom stereocenters. The van der Waals surface area contributed by atoms with Crippen LogP contribution in [0.2, 0.25) is 5.02 Å². The summed E-state index contributed by atoms with van der Waals surface area (Å²) >= 11 is 5.85. The smallest absolute Gasteiger partial charge is 0.409 e. The molecule has 0 N–H and O–H groups in total. The van der Waals surface area contributed by atoms with E-state index in [4.69, 9.17) is 16.3 Å². The number of sulfone groups is 1. The van der Waals surface area contributed by atoms with Gasteiger partial charge in [-0.3, -0.25) is 0 Å². The number of hydrogen-bond acceptors (Lipinski definition) is 4. The molecule has 0 bridgehead atoms. The second-order valence-electron chi connectivity index (χ2n) is 7.46. The number of carbonyl (C=O) groups excluding carboxylic acids is 1. The van der Waals surface area contributed by atoms with E-state index < -0.39 is 26.7 Å². The van der Waals surface area contributed by atoms with Crippen LogP contribution < -0.4 is 0 Å². The van der Waals surface area contributed by atoms with E-state index in [1.54, 1.807) is 4.90 Å². The van der Waals surface area contributed by atoms with Crippen LogP contribution in [0.4, 0.5) is 13.6 Å². The van der Waals surface area contributed by atoms with Crippen molar-refractivity contribution in [2.75, 3.05) is 19.7 Å². The van der Waals surface area contributed by atoms with Gasteiger partial charge in [-0.05, 0) is 74.6 Å². The van der Waals surface area contributed by atoms with E-state index in [1.807, 2.05) is 0 Å². The molecule has 0 radical (unpaired) electrons. The molecule has 0 aromatic heterocycles. The number of benzene rings is 2. The lowest BCUT2D eigenvalue weighted by molar-refractivity contribution is 0.109. The van der Waals surface area contributed by atoms with E-state index in [2.05, 4.69) is 0 Å². The Morgan fingerprint density at radius 2 is 1.74 bits per heavy atom. The third-order valence-electron chi connectivity index (χ3n) is 5.27. The van der Waals surface area contributed by atoms with E-state index in [0.29, 0.717) is 31.0 Å². The van der Waals surface area contributed by atoms with Crippen molar-refractivity contribution >= 4 is 27.5 Å². The fourth-order valence-corrected chi connectivity index (χ4v) is 5.57. The number of carbonyl (C=O) groups is 1. The van der Waals surface area contributed by atoms with Gasteiger partial charge in [0, 0.05) is 23.7 Å². The Labute approximate surface area is 185 Å². The summed E-state index contributed by atoms with van der Waals surface area (Å²) in [5, 5.41) is -0.911. The molecule has 9 heteroatoms. The van der Waals surface area contributed by atoms with Gasteiger partial charge in [0.05, 0.1) is 16.8 Å². The van der Waals surface area contributed by atoms with Gasteiger partial charge in [0.25, 0.3) is 0 Å². The van der Waals surface area contributed by atoms with Crippen molar-refractivity contribution in [1.82, 2.24) is 4.90 Å². The molecule has 1 amide bonds. The van der Waals surface area contributed by atoms with Crippen molar-refractivity contribution in [1.29, 1.82) is 0 Å². The molecule has 2 aromatic carbocycles. The lowest BCUT2D eigenvalue weighted by Crippen LogP contribution is -2.28. The molecule has 31 heavy (non-hydrogen) atoms. The molecule has 1 heterocycles. The van der Waals surface area contributed by atoms with Crippen LogP contribution in [-0.4, -0.2) is 39.1 Å². The van der Waals surface area contributed by atoms with Crippen molar-refractivity contribution in [3.63, 3.8) is 0 Å². The summed E-state index contributed by atoms with van der Waals surface area (Å²) in [6.45, 7) is 1.49. The Morgan fingerprint density at radius 1 is 1.06 bits per heavy atom. The van der Waals surface area contributed by atoms with Crippen LogP contribution in [-0.2, 0) is 14.6 Å². The monoisotopic (exact) mass is 471 g/mol. The van der Waals surface area contributed by atoms with Gasteiger partial charge in [-0.1, -0.05) is 11.6 Å². The minimum Gasteiger partial charge on any atom is -0.449 e. The molecule has 1 aliphatic rings. The molecular weight excluding hydrogens is 448 g/mol. The highest BCUT2D eigenvalue weighted by atomic mass is 35.5. The van der Waals surface area contributed by atoms with E-state index in [1.165, 1.54) is 24.3 Å². The Morgan fingerprint density at radius 3 is 2.42 bits per heavy atom. The minimum atomic E-state index is -4.01. The number of amides is 1. The summed E-state index contributed by atoms with van der Waals surface area (Å²) in [4.78, 5) is 13.5. The summed E-state index contributed by atoms with van der Waals surface area (Å²) < 4.78 is 59.9. The summed E-state index contributed by atoms with van der Waals surface area (Å²) in [5.41, 5.74) is -0.219. The average molecular weight is 472 g/mol. The number of unbranched alkanes of at least 4 members (excludes halogenated alkanes) is 1. The molecular formula is C22H24ClF2NO4S. The second-order valence-corrected chi connectivity index (χ2v) is 10.0. The van der Waals surface area contributed by atoms with Crippen LogP contribution in [0, 0.1) is 11.6 Å². The highest BCUT2D eigenvalue weighted by molar-refractivity contribution is 7.91. The average Bonchev–Trinajstić information content (AvgIpc) is 3.28. The van der Waals surface area contributed by atoms with Crippen LogP contribution in [0.15, 0.2) is 47.4 Å². The summed E-state index contributed by atoms with van der Waals surface area (Å²) in [6, 6.07) is 8.35. The topological polar surface area (TPSA) is 63.7 Å². The fourth-order valence-electron chi connectivity index (χ4n) is 3.61. The van der Waals surface area contributed by atoms with Crippen LogP contribution in [0.3, 0.4) is 0 Å². The Hall–Kier alpha value is -2.19. The van der Waals surface area contributed by atoms with Crippen molar-refractivity contribution < 1.29 is 26.7 Å². The third kappa shape index (κ3) is 5.95. The predicted molar refractivity (Wildman–Crippen MR) is 114 cm³/mol. The Kier molecular flexibility index (Phi) is 7.89. The van der Waals surface area contributed by atoms with Gasteiger partial charge in [0.1, 0.15) is 11.6 Å². The molecule has 168 valence electrons. The lowest BCUT2D eigenvalue weighted by atomic mass is 10.1. The first-order valence-electron chi connectivity index (χ1n) is 10.1. The zero-order valence-electron chi connectivity index (χ0n) is 16.9. The maximum atomic E-state index is 14.5. The standard InChI is InChI=1S/C22H24ClF2NO4S/c23-16-6-9-18(10-7-16)31(28,29)21(19-15-17(24)8-11-20(19)25)5-1-4-14-30-22(27)26-12-2-3-13-26/h6-11,15,21H,1-5,12-14H2. The van der Waals surface area contributed by atoms with Crippen molar-refractivity contribution in [2.45, 2.75) is 42.2 Å². The zero-order chi connectivity index (χ0) is 22.4. The van der Waals surface area contributed by atoms with E-state index in [-0.39, 0.29) is 29.6 Å². The lowest BCUT2D eigenvalue weighted by Gasteiger charge is -2.19. The zero-order valence-corrected chi connectivity index (χ0v) is 18.5. The first-order chi connectivity index (χ1) is 14.8. The number of halogens is 3. The highest BCUT2D eigenvalue weighted by Crippen LogP contribution is 2.35. The van der Waals surface area contributed by atoms with Crippen molar-refractivity contribution in [2.24, 2.45) is 0 Å². The van der Waals surface area contributed by atoms with Crippen LogP contribution in [0.25, 0.3) is 0 Å². The Bertz CT molecular complexity index is 1010. The quantitative estimate of drug-likeness (QED) is 0.474. The van der Waals surface area contributed by atoms with Crippen molar-refractivity contribution in [3.05, 3.63) is 64.7 Å². The second kappa shape index (κ2) is 10.4. The number of nitrogens with zero attached hydrogens (tertiary/aromatic N) is 1. The number of hydrogen-bond donors (Lipinski definition) is 0. The molecule has 0 saturated carbocycles. The van der Waals surface area contributed by atoms with E-state index in [0.717, 1.165) is 31.0 Å². The van der Waals surface area contributed by atoms with Gasteiger partial charge < -0.3 is 9.64 Å². The molecule has 3 rings (SSSR count). The van der Waals surface area contributed by atoms with Gasteiger partial charge in [-0.25, -0.2) is 22.0 Å². The molecule has 1 atom stereocenters. The fraction of sp³-hybridized carbons (Fsp3) is 0.409. The maximum Gasteiger partial charge on any atom is 0.409 e. The summed E-state index contributed by atoms with van der Waals surface area (Å²) in [5.74, 6) is -1.50. The molecule has 1 saturated heterocycles. The van der Waals surface area contributed by atoms with E-state index >= 15 is 0 Å². The summed E-state index contributed by atoms with van der Waals surface area (Å²) in [7, 11) is -4.01. The molecule has 0 aliphatic carbocycles. The normalized spacial score (nSPS) is 15.1. The third-order valence-corrected chi connectivity index (χ3v) is 7.69. The van der Waals surface area contributed by atoms with Crippen LogP contribution in [0.5, 0.6) is 0 Å². The van der Waals surface area contributed by atoms with Crippen molar-refractivity contribution in [3.8, 4) is 0 Å². The number of ether oxygens (including phenoxy) is 1. The van der Waals surface area contributed by atoms with E-state index in [9.17, 15) is 22.0 Å². The van der Waals surface area contributed by atoms with Gasteiger partial charge >= 0.3 is 6.09 Å². The first-order valence-corrected chi connectivity index (χ1v) is 12.1. The minimum absolute atomic E-state index is 0.0222. The largest absolute Gasteiger partial charge is 0.449 e. The predicted octanol–water partition coefficient (Wildman–Crippen LogP) is 5.54. The first kappa shape index (κ1) is 23.5. The van der Waals surface area contributed by atoms with Gasteiger partial charge in [-0.15, -0.1) is 0 Å². The SMILES string of the molecule is O=C(OCCCCC(c1cc(F)ccc1F)S(=O)(=O)c1ccc(Cl)cc1)N1CCCC1. The number of rotatable bonds is 8. The molecule has 2 aromatic rings. The molecule has 1 aliphatic heterocycles. The van der Waals surface area contributed by atoms with Crippen LogP contribution in [0.1, 0.15) is 42.9 Å². The molecule has 5 nitrogen and oxygen atoms in total. The van der Waals surface area contributed by atoms with Gasteiger partial charge in [0.2, 0.25) is 0 Å². The maximum absolute atomic E-state index is 14.5. The highest BCUT2D eigenvalue weighted by Gasteiger charge is 2.31. The van der Waals surface area contributed by atoms with Gasteiger partial charge in [0.15, 0.2) is 9.84 Å².